The number of fused-ring (bicyclic) bond motifs is 1. The number of alkyl halides is 3. The molecule has 9 heteroatoms. The number of benzene rings is 1. The molecule has 1 amide bonds. The molecule has 0 saturated carbocycles. The van der Waals surface area contributed by atoms with Gasteiger partial charge in [0.1, 0.15) is 17.0 Å². The van der Waals surface area contributed by atoms with Crippen LogP contribution in [0.1, 0.15) is 11.3 Å². The summed E-state index contributed by atoms with van der Waals surface area (Å²) in [4.78, 5) is 20.2. The predicted octanol–water partition coefficient (Wildman–Crippen LogP) is 4.18. The van der Waals surface area contributed by atoms with Crippen LogP contribution in [-0.4, -0.2) is 20.4 Å². The van der Waals surface area contributed by atoms with Gasteiger partial charge in [0.2, 0.25) is 11.9 Å². The molecule has 5 nitrogen and oxygen atoms in total. The Kier molecular flexibility index (Phi) is 4.21. The van der Waals surface area contributed by atoms with Crippen LogP contribution in [0.2, 0.25) is 0 Å². The number of nitrogens with zero attached hydrogens (tertiary/aromatic N) is 3. The Morgan fingerprint density at radius 1 is 1.07 bits per heavy atom. The molecule has 28 heavy (non-hydrogen) atoms. The number of imidazole rings is 1. The molecule has 0 saturated heterocycles. The lowest BCUT2D eigenvalue weighted by Crippen LogP contribution is -2.18. The van der Waals surface area contributed by atoms with Gasteiger partial charge >= 0.3 is 6.18 Å². The van der Waals surface area contributed by atoms with Crippen LogP contribution in [0.25, 0.3) is 16.9 Å². The van der Waals surface area contributed by atoms with Crippen LogP contribution in [-0.2, 0) is 17.4 Å². The Morgan fingerprint density at radius 2 is 1.79 bits per heavy atom. The molecule has 1 N–H and O–H groups in total. The van der Waals surface area contributed by atoms with E-state index >= 15 is 0 Å². The maximum absolute atomic E-state index is 13.0. The van der Waals surface area contributed by atoms with Gasteiger partial charge in [-0.3, -0.25) is 14.7 Å². The predicted molar refractivity (Wildman–Crippen MR) is 94.7 cm³/mol. The number of anilines is 1. The number of allylic oxidation sites excluding steroid dienone is 4. The van der Waals surface area contributed by atoms with Crippen molar-refractivity contribution in [2.45, 2.75) is 12.6 Å². The maximum Gasteiger partial charge on any atom is 0.433 e. The van der Waals surface area contributed by atoms with Gasteiger partial charge < -0.3 is 0 Å². The SMILES string of the molecule is O=C(Cc1ccc(F)cc1)Nc1nc2ccc(C(F)(F)F)nc2n1C1=CC=C1. The third-order valence-corrected chi connectivity index (χ3v) is 4.12. The molecule has 2 heterocycles. The summed E-state index contributed by atoms with van der Waals surface area (Å²) in [6, 6.07) is 7.49. The van der Waals surface area contributed by atoms with Gasteiger partial charge in [-0.15, -0.1) is 0 Å². The second-order valence-corrected chi connectivity index (χ2v) is 6.11. The Hall–Kier alpha value is -3.49. The minimum atomic E-state index is -4.60. The average Bonchev–Trinajstić information content (AvgIpc) is 2.92. The number of pyridine rings is 1. The van der Waals surface area contributed by atoms with Crippen molar-refractivity contribution in [1.29, 1.82) is 0 Å². The Labute approximate surface area is 156 Å². The van der Waals surface area contributed by atoms with Gasteiger partial charge in [-0.1, -0.05) is 18.2 Å². The van der Waals surface area contributed by atoms with E-state index in [-0.39, 0.29) is 23.5 Å². The largest absolute Gasteiger partial charge is 0.433 e. The van der Waals surface area contributed by atoms with E-state index in [2.05, 4.69) is 15.3 Å². The van der Waals surface area contributed by atoms with Crippen LogP contribution in [0.5, 0.6) is 0 Å². The lowest BCUT2D eigenvalue weighted by Gasteiger charge is -2.14. The fraction of sp³-hybridized carbons (Fsp3) is 0.105. The van der Waals surface area contributed by atoms with Crippen molar-refractivity contribution in [3.63, 3.8) is 0 Å². The van der Waals surface area contributed by atoms with Crippen LogP contribution in [0.15, 0.2) is 54.6 Å². The van der Waals surface area contributed by atoms with E-state index in [1.807, 2.05) is 0 Å². The second kappa shape index (κ2) is 6.59. The van der Waals surface area contributed by atoms with E-state index in [0.29, 0.717) is 11.3 Å². The number of hydrogen-bond donors (Lipinski definition) is 1. The molecule has 3 aromatic rings. The average molecular weight is 388 g/mol. The molecule has 2 aromatic heterocycles. The highest BCUT2D eigenvalue weighted by Crippen LogP contribution is 2.32. The fourth-order valence-corrected chi connectivity index (χ4v) is 2.73. The van der Waals surface area contributed by atoms with Gasteiger partial charge in [-0.2, -0.15) is 13.2 Å². The zero-order chi connectivity index (χ0) is 19.9. The van der Waals surface area contributed by atoms with E-state index < -0.39 is 23.6 Å². The zero-order valence-electron chi connectivity index (χ0n) is 14.2. The van der Waals surface area contributed by atoms with E-state index in [9.17, 15) is 22.4 Å². The summed E-state index contributed by atoms with van der Waals surface area (Å²) in [6.07, 6.45) is 0.398. The minimum absolute atomic E-state index is 0.0116. The van der Waals surface area contributed by atoms with Gasteiger partial charge in [0.15, 0.2) is 5.65 Å². The third kappa shape index (κ3) is 3.38. The molecule has 4 rings (SSSR count). The first-order valence-electron chi connectivity index (χ1n) is 8.21. The minimum Gasteiger partial charge on any atom is -0.295 e. The second-order valence-electron chi connectivity index (χ2n) is 6.11. The first-order valence-corrected chi connectivity index (χ1v) is 8.21. The molecule has 0 unspecified atom stereocenters. The van der Waals surface area contributed by atoms with Crippen LogP contribution < -0.4 is 5.32 Å². The number of amides is 1. The van der Waals surface area contributed by atoms with Crippen molar-refractivity contribution in [2.24, 2.45) is 0 Å². The van der Waals surface area contributed by atoms with Gasteiger partial charge in [0.05, 0.1) is 12.1 Å². The molecular weight excluding hydrogens is 376 g/mol. The van der Waals surface area contributed by atoms with Crippen molar-refractivity contribution >= 4 is 28.7 Å². The Bertz CT molecular complexity index is 1130. The molecule has 0 spiro atoms. The smallest absolute Gasteiger partial charge is 0.295 e. The molecule has 1 aliphatic rings. The van der Waals surface area contributed by atoms with Gasteiger partial charge in [0, 0.05) is 0 Å². The summed E-state index contributed by atoms with van der Waals surface area (Å²) in [6.45, 7) is 0. The fourth-order valence-electron chi connectivity index (χ4n) is 2.73. The van der Waals surface area contributed by atoms with Gasteiger partial charge in [0.25, 0.3) is 0 Å². The first-order chi connectivity index (χ1) is 13.3. The molecule has 142 valence electrons. The molecule has 1 aromatic carbocycles. The topological polar surface area (TPSA) is 59.8 Å². The molecule has 0 fully saturated rings. The zero-order valence-corrected chi connectivity index (χ0v) is 14.2. The van der Waals surface area contributed by atoms with Crippen molar-refractivity contribution < 1.29 is 22.4 Å². The van der Waals surface area contributed by atoms with Crippen LogP contribution in [0.4, 0.5) is 23.5 Å². The Morgan fingerprint density at radius 3 is 2.39 bits per heavy atom. The molecule has 0 radical (unpaired) electrons. The monoisotopic (exact) mass is 388 g/mol. The van der Waals surface area contributed by atoms with E-state index in [4.69, 9.17) is 0 Å². The molecule has 0 atom stereocenters. The van der Waals surface area contributed by atoms with Crippen molar-refractivity contribution in [1.82, 2.24) is 14.5 Å². The summed E-state index contributed by atoms with van der Waals surface area (Å²) in [5, 5.41) is 2.59. The quantitative estimate of drug-likeness (QED) is 0.682. The molecular formula is C19H12F4N4O. The number of carbonyl (C=O) groups is 1. The summed E-state index contributed by atoms with van der Waals surface area (Å²) in [7, 11) is 0. The number of nitrogens with one attached hydrogen (secondary N) is 1. The van der Waals surface area contributed by atoms with Gasteiger partial charge in [-0.05, 0) is 42.0 Å². The number of hydrogen-bond acceptors (Lipinski definition) is 3. The van der Waals surface area contributed by atoms with Crippen molar-refractivity contribution in [3.8, 4) is 0 Å². The number of carbonyl (C=O) groups excluding carboxylic acids is 1. The summed E-state index contributed by atoms with van der Waals surface area (Å²) >= 11 is 0. The highest BCUT2D eigenvalue weighted by molar-refractivity contribution is 5.94. The number of rotatable bonds is 4. The van der Waals surface area contributed by atoms with Crippen molar-refractivity contribution in [3.05, 3.63) is 71.7 Å². The lowest BCUT2D eigenvalue weighted by molar-refractivity contribution is -0.141. The first kappa shape index (κ1) is 17.9. The number of halogens is 4. The normalized spacial score (nSPS) is 13.4. The van der Waals surface area contributed by atoms with E-state index in [1.54, 1.807) is 18.2 Å². The summed E-state index contributed by atoms with van der Waals surface area (Å²) < 4.78 is 53.4. The van der Waals surface area contributed by atoms with E-state index in [1.165, 1.54) is 34.9 Å². The summed E-state index contributed by atoms with van der Waals surface area (Å²) in [5.41, 5.74) is 0.288. The summed E-state index contributed by atoms with van der Waals surface area (Å²) in [5.74, 6) is -0.797. The van der Waals surface area contributed by atoms with Crippen molar-refractivity contribution in [2.75, 3.05) is 5.32 Å². The highest BCUT2D eigenvalue weighted by atomic mass is 19.4. The van der Waals surface area contributed by atoms with E-state index in [0.717, 1.165) is 6.07 Å². The lowest BCUT2D eigenvalue weighted by atomic mass is 10.1. The maximum atomic E-state index is 13.0. The molecule has 0 aliphatic heterocycles. The number of aromatic nitrogens is 3. The van der Waals surface area contributed by atoms with Crippen LogP contribution in [0, 0.1) is 5.82 Å². The molecule has 1 aliphatic carbocycles. The Balaban J connectivity index is 1.68. The molecule has 0 bridgehead atoms. The van der Waals surface area contributed by atoms with Crippen LogP contribution in [0.3, 0.4) is 0 Å². The highest BCUT2D eigenvalue weighted by Gasteiger charge is 2.33. The van der Waals surface area contributed by atoms with Crippen LogP contribution >= 0.6 is 0 Å². The third-order valence-electron chi connectivity index (χ3n) is 4.12. The van der Waals surface area contributed by atoms with Gasteiger partial charge in [-0.25, -0.2) is 14.4 Å². The standard InChI is InChI=1S/C19H12F4N4O/c20-12-6-4-11(5-7-12)10-16(28)26-18-24-14-8-9-15(19(21,22)23)25-17(14)27(18)13-2-1-3-13/h1-9H,10H2,(H,24,26,28).